The van der Waals surface area contributed by atoms with Crippen molar-refractivity contribution in [3.8, 4) is 0 Å². The Hall–Kier alpha value is -1.46. The molecule has 2 N–H and O–H groups in total. The molecule has 2 rings (SSSR count). The summed E-state index contributed by atoms with van der Waals surface area (Å²) >= 11 is 0. The number of nitro benzene ring substituents is 1. The molecule has 5 nitrogen and oxygen atoms in total. The van der Waals surface area contributed by atoms with Crippen molar-refractivity contribution < 1.29 is 10.0 Å². The van der Waals surface area contributed by atoms with E-state index in [9.17, 15) is 15.2 Å². The van der Waals surface area contributed by atoms with Crippen LogP contribution in [0.15, 0.2) is 24.3 Å². The monoisotopic (exact) mass is 250 g/mol. The summed E-state index contributed by atoms with van der Waals surface area (Å²) in [5, 5.41) is 23.6. The van der Waals surface area contributed by atoms with Gasteiger partial charge in [0.1, 0.15) is 0 Å². The molecule has 0 spiro atoms. The quantitative estimate of drug-likeness (QED) is 0.617. The van der Waals surface area contributed by atoms with E-state index in [0.717, 1.165) is 31.4 Å². The van der Waals surface area contributed by atoms with Crippen LogP contribution in [0.4, 0.5) is 5.69 Å². The molecule has 1 aromatic rings. The van der Waals surface area contributed by atoms with Gasteiger partial charge in [0.2, 0.25) is 0 Å². The van der Waals surface area contributed by atoms with Gasteiger partial charge in [-0.2, -0.15) is 0 Å². The first-order valence-electron chi connectivity index (χ1n) is 6.29. The molecule has 2 atom stereocenters. The van der Waals surface area contributed by atoms with Gasteiger partial charge in [0.05, 0.1) is 11.0 Å². The minimum Gasteiger partial charge on any atom is -0.393 e. The van der Waals surface area contributed by atoms with Gasteiger partial charge >= 0.3 is 0 Å². The topological polar surface area (TPSA) is 75.4 Å². The lowest BCUT2D eigenvalue weighted by Crippen LogP contribution is -2.27. The fourth-order valence-corrected chi connectivity index (χ4v) is 2.44. The van der Waals surface area contributed by atoms with Gasteiger partial charge in [-0.25, -0.2) is 0 Å². The Balaban J connectivity index is 1.83. The van der Waals surface area contributed by atoms with Crippen molar-refractivity contribution in [3.63, 3.8) is 0 Å². The Labute approximate surface area is 106 Å². The van der Waals surface area contributed by atoms with Gasteiger partial charge in [0, 0.05) is 25.2 Å². The first-order valence-corrected chi connectivity index (χ1v) is 6.29. The largest absolute Gasteiger partial charge is 0.393 e. The number of non-ortho nitro benzene ring substituents is 1. The Morgan fingerprint density at radius 2 is 2.28 bits per heavy atom. The Kier molecular flexibility index (Phi) is 4.28. The molecule has 0 bridgehead atoms. The summed E-state index contributed by atoms with van der Waals surface area (Å²) in [6.45, 7) is 1.37. The first kappa shape index (κ1) is 13.0. The molecule has 18 heavy (non-hydrogen) atoms. The van der Waals surface area contributed by atoms with Crippen LogP contribution < -0.4 is 5.32 Å². The SMILES string of the molecule is O=[N+]([O-])c1cccc(CNCC2CCCC2O)c1. The van der Waals surface area contributed by atoms with Gasteiger partial charge in [-0.3, -0.25) is 10.1 Å². The number of aliphatic hydroxyl groups is 1. The van der Waals surface area contributed by atoms with E-state index in [1.54, 1.807) is 12.1 Å². The smallest absolute Gasteiger partial charge is 0.269 e. The normalized spacial score (nSPS) is 23.2. The van der Waals surface area contributed by atoms with Gasteiger partial charge in [0.15, 0.2) is 0 Å². The molecule has 2 unspecified atom stereocenters. The third-order valence-corrected chi connectivity index (χ3v) is 3.48. The molecule has 0 aromatic heterocycles. The Bertz CT molecular complexity index is 422. The Morgan fingerprint density at radius 1 is 1.44 bits per heavy atom. The molecule has 0 heterocycles. The van der Waals surface area contributed by atoms with E-state index < -0.39 is 0 Å². The lowest BCUT2D eigenvalue weighted by Gasteiger charge is -2.14. The van der Waals surface area contributed by atoms with Gasteiger partial charge in [-0.05, 0) is 24.3 Å². The standard InChI is InChI=1S/C13H18N2O3/c16-13-6-2-4-11(13)9-14-8-10-3-1-5-12(7-10)15(17)18/h1,3,5,7,11,13-14,16H,2,4,6,8-9H2. The van der Waals surface area contributed by atoms with Crippen LogP contribution in [-0.2, 0) is 6.54 Å². The second-order valence-corrected chi connectivity index (χ2v) is 4.82. The van der Waals surface area contributed by atoms with E-state index in [0.29, 0.717) is 12.5 Å². The molecule has 0 radical (unpaired) electrons. The highest BCUT2D eigenvalue weighted by molar-refractivity contribution is 5.34. The number of hydrogen-bond acceptors (Lipinski definition) is 4. The zero-order valence-corrected chi connectivity index (χ0v) is 10.2. The maximum atomic E-state index is 10.6. The van der Waals surface area contributed by atoms with E-state index in [4.69, 9.17) is 0 Å². The summed E-state index contributed by atoms with van der Waals surface area (Å²) in [6.07, 6.45) is 2.85. The highest BCUT2D eigenvalue weighted by Crippen LogP contribution is 2.24. The molecule has 0 saturated heterocycles. The van der Waals surface area contributed by atoms with Crippen molar-refractivity contribution >= 4 is 5.69 Å². The minimum atomic E-state index is -0.385. The van der Waals surface area contributed by atoms with E-state index in [-0.39, 0.29) is 16.7 Å². The van der Waals surface area contributed by atoms with Gasteiger partial charge in [-0.1, -0.05) is 18.6 Å². The summed E-state index contributed by atoms with van der Waals surface area (Å²) in [7, 11) is 0. The molecule has 1 aliphatic rings. The summed E-state index contributed by atoms with van der Waals surface area (Å²) < 4.78 is 0. The van der Waals surface area contributed by atoms with E-state index in [1.807, 2.05) is 6.07 Å². The number of aliphatic hydroxyl groups excluding tert-OH is 1. The van der Waals surface area contributed by atoms with Gasteiger partial charge in [0.25, 0.3) is 5.69 Å². The van der Waals surface area contributed by atoms with Crippen molar-refractivity contribution in [2.24, 2.45) is 5.92 Å². The zero-order valence-electron chi connectivity index (χ0n) is 10.2. The van der Waals surface area contributed by atoms with Crippen LogP contribution in [0.3, 0.4) is 0 Å². The van der Waals surface area contributed by atoms with E-state index >= 15 is 0 Å². The molecular weight excluding hydrogens is 232 g/mol. The average Bonchev–Trinajstić information content (AvgIpc) is 2.76. The first-order chi connectivity index (χ1) is 8.66. The van der Waals surface area contributed by atoms with Crippen LogP contribution in [0.25, 0.3) is 0 Å². The predicted molar refractivity (Wildman–Crippen MR) is 68.2 cm³/mol. The third kappa shape index (κ3) is 3.27. The molecule has 5 heteroatoms. The summed E-state index contributed by atoms with van der Waals surface area (Å²) in [4.78, 5) is 10.2. The van der Waals surface area contributed by atoms with Crippen LogP contribution in [0.1, 0.15) is 24.8 Å². The molecule has 0 amide bonds. The number of nitrogens with zero attached hydrogens (tertiary/aromatic N) is 1. The predicted octanol–water partition coefficient (Wildman–Crippen LogP) is 1.85. The number of rotatable bonds is 5. The average molecular weight is 250 g/mol. The second kappa shape index (κ2) is 5.93. The van der Waals surface area contributed by atoms with Gasteiger partial charge in [-0.15, -0.1) is 0 Å². The van der Waals surface area contributed by atoms with Crippen molar-refractivity contribution in [1.29, 1.82) is 0 Å². The maximum absolute atomic E-state index is 10.6. The van der Waals surface area contributed by atoms with Crippen molar-refractivity contribution in [3.05, 3.63) is 39.9 Å². The maximum Gasteiger partial charge on any atom is 0.269 e. The summed E-state index contributed by atoms with van der Waals surface area (Å²) in [5.74, 6) is 0.323. The van der Waals surface area contributed by atoms with E-state index in [2.05, 4.69) is 5.32 Å². The minimum absolute atomic E-state index is 0.121. The number of nitrogens with one attached hydrogen (secondary N) is 1. The molecular formula is C13H18N2O3. The zero-order chi connectivity index (χ0) is 13.0. The van der Waals surface area contributed by atoms with Crippen molar-refractivity contribution in [2.75, 3.05) is 6.54 Å². The van der Waals surface area contributed by atoms with Crippen LogP contribution in [0.2, 0.25) is 0 Å². The number of hydrogen-bond donors (Lipinski definition) is 2. The fraction of sp³-hybridized carbons (Fsp3) is 0.538. The van der Waals surface area contributed by atoms with Crippen LogP contribution >= 0.6 is 0 Å². The highest BCUT2D eigenvalue weighted by atomic mass is 16.6. The molecule has 1 fully saturated rings. The second-order valence-electron chi connectivity index (χ2n) is 4.82. The Morgan fingerprint density at radius 3 is 2.94 bits per heavy atom. The highest BCUT2D eigenvalue weighted by Gasteiger charge is 2.24. The van der Waals surface area contributed by atoms with E-state index in [1.165, 1.54) is 6.07 Å². The summed E-state index contributed by atoms with van der Waals surface area (Å²) in [6, 6.07) is 6.63. The molecule has 1 aliphatic carbocycles. The number of nitro groups is 1. The van der Waals surface area contributed by atoms with Crippen LogP contribution in [0, 0.1) is 16.0 Å². The third-order valence-electron chi connectivity index (χ3n) is 3.48. The van der Waals surface area contributed by atoms with Gasteiger partial charge < -0.3 is 10.4 Å². The lowest BCUT2D eigenvalue weighted by atomic mass is 10.1. The molecule has 98 valence electrons. The molecule has 1 aromatic carbocycles. The molecule has 1 saturated carbocycles. The molecule has 0 aliphatic heterocycles. The van der Waals surface area contributed by atoms with Crippen LogP contribution in [-0.4, -0.2) is 22.7 Å². The summed E-state index contributed by atoms with van der Waals surface area (Å²) in [5.41, 5.74) is 1.02. The van der Waals surface area contributed by atoms with Crippen LogP contribution in [0.5, 0.6) is 0 Å². The van der Waals surface area contributed by atoms with Crippen molar-refractivity contribution in [2.45, 2.75) is 31.9 Å². The lowest BCUT2D eigenvalue weighted by molar-refractivity contribution is -0.384. The van der Waals surface area contributed by atoms with Crippen molar-refractivity contribution in [1.82, 2.24) is 5.32 Å². The fourth-order valence-electron chi connectivity index (χ4n) is 2.44. The number of benzene rings is 1.